The summed E-state index contributed by atoms with van der Waals surface area (Å²) in [6.45, 7) is 21.9. The van der Waals surface area contributed by atoms with Crippen molar-refractivity contribution in [1.29, 1.82) is 0 Å². The molecule has 0 saturated carbocycles. The quantitative estimate of drug-likeness (QED) is 0.169. The molecule has 0 saturated heterocycles. The predicted molar refractivity (Wildman–Crippen MR) is 159 cm³/mol. The van der Waals surface area contributed by atoms with Crippen molar-refractivity contribution in [3.63, 3.8) is 0 Å². The van der Waals surface area contributed by atoms with Crippen LogP contribution in [0.2, 0.25) is 18.1 Å². The Morgan fingerprint density at radius 3 is 2.32 bits per heavy atom. The summed E-state index contributed by atoms with van der Waals surface area (Å²) in [4.78, 5) is 12.9. The third kappa shape index (κ3) is 8.16. The molecule has 0 bridgehead atoms. The number of esters is 1. The number of allylic oxidation sites excluding steroid dienone is 2. The maximum Gasteiger partial charge on any atom is 0.306 e. The summed E-state index contributed by atoms with van der Waals surface area (Å²) in [5.74, 6) is 0.247. The van der Waals surface area contributed by atoms with E-state index in [1.54, 1.807) is 0 Å². The van der Waals surface area contributed by atoms with E-state index in [4.69, 9.17) is 13.9 Å². The van der Waals surface area contributed by atoms with Gasteiger partial charge in [-0.1, -0.05) is 89.6 Å². The number of ether oxygens (including phenoxy) is 2. The van der Waals surface area contributed by atoms with Gasteiger partial charge in [0.25, 0.3) is 0 Å². The molecule has 0 N–H and O–H groups in total. The highest BCUT2D eigenvalue weighted by Gasteiger charge is 2.43. The van der Waals surface area contributed by atoms with E-state index in [1.165, 1.54) is 16.7 Å². The van der Waals surface area contributed by atoms with Crippen molar-refractivity contribution in [2.75, 3.05) is 13.2 Å². The van der Waals surface area contributed by atoms with Gasteiger partial charge in [-0.15, -0.1) is 0 Å². The fraction of sp³-hybridized carbons (Fsp3) is 0.667. The van der Waals surface area contributed by atoms with E-state index < -0.39 is 8.32 Å². The summed E-state index contributed by atoms with van der Waals surface area (Å²) in [6.07, 6.45) is 9.06. The van der Waals surface area contributed by atoms with Crippen LogP contribution in [0, 0.1) is 16.7 Å². The Balaban J connectivity index is 1.68. The van der Waals surface area contributed by atoms with Gasteiger partial charge in [0.2, 0.25) is 0 Å². The van der Waals surface area contributed by atoms with Gasteiger partial charge in [0.05, 0.1) is 12.7 Å². The second-order valence-electron chi connectivity index (χ2n) is 14.1. The van der Waals surface area contributed by atoms with Crippen LogP contribution in [0.25, 0.3) is 0 Å². The molecule has 2 aliphatic rings. The predicted octanol–water partition coefficient (Wildman–Crippen LogP) is 8.64. The lowest BCUT2D eigenvalue weighted by molar-refractivity contribution is -0.145. The van der Waals surface area contributed by atoms with Gasteiger partial charge < -0.3 is 13.9 Å². The molecule has 2 aliphatic carbocycles. The molecule has 0 radical (unpaired) electrons. The Labute approximate surface area is 233 Å². The van der Waals surface area contributed by atoms with Crippen LogP contribution in [0.15, 0.2) is 53.6 Å². The first kappa shape index (κ1) is 30.8. The van der Waals surface area contributed by atoms with Gasteiger partial charge in [0.1, 0.15) is 6.61 Å². The minimum absolute atomic E-state index is 0.0361. The highest BCUT2D eigenvalue weighted by Crippen LogP contribution is 2.43. The molecular weight excluding hydrogens is 488 g/mol. The van der Waals surface area contributed by atoms with Crippen LogP contribution in [-0.2, 0) is 25.3 Å². The van der Waals surface area contributed by atoms with Crippen LogP contribution in [0.4, 0.5) is 0 Å². The van der Waals surface area contributed by atoms with Gasteiger partial charge in [-0.25, -0.2) is 0 Å². The first-order chi connectivity index (χ1) is 17.6. The van der Waals surface area contributed by atoms with Crippen LogP contribution in [0.3, 0.4) is 0 Å². The Morgan fingerprint density at radius 2 is 1.68 bits per heavy atom. The highest BCUT2D eigenvalue weighted by atomic mass is 28.4. The van der Waals surface area contributed by atoms with Crippen molar-refractivity contribution in [1.82, 2.24) is 0 Å². The number of rotatable bonds is 10. The standard InChI is InChI=1S/C33H52O4Si/c1-25-15-17-28(32(5,6)20-25)19-30(34)36-23-27-16-18-29(35-22-26-13-11-10-12-14-26)33(7,21-27)24-37-38(8,9)31(2,3)4/h10-14,20-21,28-29H,15-19,22-24H2,1-9H3/t28-,29-,33+/m0/s1. The average Bonchev–Trinajstić information content (AvgIpc) is 2.82. The number of hydrogen-bond donors (Lipinski definition) is 0. The summed E-state index contributed by atoms with van der Waals surface area (Å²) in [5.41, 5.74) is 3.54. The van der Waals surface area contributed by atoms with Crippen LogP contribution in [0.1, 0.15) is 86.1 Å². The lowest BCUT2D eigenvalue weighted by Crippen LogP contribution is -2.47. The maximum absolute atomic E-state index is 12.9. The summed E-state index contributed by atoms with van der Waals surface area (Å²) < 4.78 is 19.1. The maximum atomic E-state index is 12.9. The molecule has 3 rings (SSSR count). The van der Waals surface area contributed by atoms with Crippen molar-refractivity contribution in [3.8, 4) is 0 Å². The van der Waals surface area contributed by atoms with E-state index in [0.717, 1.165) is 25.7 Å². The Kier molecular flexibility index (Phi) is 9.92. The van der Waals surface area contributed by atoms with Gasteiger partial charge in [-0.3, -0.25) is 4.79 Å². The zero-order valence-electron chi connectivity index (χ0n) is 25.5. The zero-order valence-corrected chi connectivity index (χ0v) is 26.5. The summed E-state index contributed by atoms with van der Waals surface area (Å²) in [5, 5.41) is 0.140. The van der Waals surface area contributed by atoms with Gasteiger partial charge in [0.15, 0.2) is 8.32 Å². The lowest BCUT2D eigenvalue weighted by atomic mass is 9.69. The summed E-state index contributed by atoms with van der Waals surface area (Å²) in [6, 6.07) is 10.4. The molecule has 212 valence electrons. The minimum atomic E-state index is -1.93. The third-order valence-electron chi connectivity index (χ3n) is 9.23. The molecule has 0 heterocycles. The van der Waals surface area contributed by atoms with E-state index >= 15 is 0 Å². The molecule has 38 heavy (non-hydrogen) atoms. The monoisotopic (exact) mass is 540 g/mol. The van der Waals surface area contributed by atoms with Crippen LogP contribution >= 0.6 is 0 Å². The van der Waals surface area contributed by atoms with Gasteiger partial charge in [-0.2, -0.15) is 0 Å². The van der Waals surface area contributed by atoms with E-state index in [-0.39, 0.29) is 27.9 Å². The Bertz CT molecular complexity index is 1000. The summed E-state index contributed by atoms with van der Waals surface area (Å²) in [7, 11) is -1.93. The van der Waals surface area contributed by atoms with E-state index in [1.807, 2.05) is 6.07 Å². The molecule has 0 spiro atoms. The molecular formula is C33H52O4Si. The SMILES string of the molecule is CC1=CC(C)(C)[C@H](CC(=O)OCC2=C[C@](C)(CO[Si](C)(C)C(C)(C)C)[C@@H](OCc3ccccc3)CC2)CC1. The first-order valence-electron chi connectivity index (χ1n) is 14.5. The normalized spacial score (nSPS) is 25.9. The zero-order chi connectivity index (χ0) is 28.2. The van der Waals surface area contributed by atoms with Crippen LogP contribution < -0.4 is 0 Å². The topological polar surface area (TPSA) is 44.8 Å². The number of benzene rings is 1. The van der Waals surface area contributed by atoms with Crippen LogP contribution in [-0.4, -0.2) is 33.6 Å². The number of carbonyl (C=O) groups excluding carboxylic acids is 1. The molecule has 0 fully saturated rings. The molecule has 0 aliphatic heterocycles. The van der Waals surface area contributed by atoms with E-state index in [0.29, 0.717) is 32.2 Å². The van der Waals surface area contributed by atoms with Crippen molar-refractivity contribution in [2.45, 2.75) is 111 Å². The molecule has 0 amide bonds. The summed E-state index contributed by atoms with van der Waals surface area (Å²) >= 11 is 0. The smallest absolute Gasteiger partial charge is 0.306 e. The van der Waals surface area contributed by atoms with Gasteiger partial charge in [0, 0.05) is 18.4 Å². The fourth-order valence-corrected chi connectivity index (χ4v) is 6.63. The van der Waals surface area contributed by atoms with E-state index in [9.17, 15) is 4.79 Å². The minimum Gasteiger partial charge on any atom is -0.461 e. The van der Waals surface area contributed by atoms with Crippen molar-refractivity contribution < 1.29 is 18.7 Å². The molecule has 3 atom stereocenters. The average molecular weight is 541 g/mol. The largest absolute Gasteiger partial charge is 0.461 e. The first-order valence-corrected chi connectivity index (χ1v) is 17.4. The second-order valence-corrected chi connectivity index (χ2v) is 18.9. The lowest BCUT2D eigenvalue weighted by Gasteiger charge is -2.43. The third-order valence-corrected chi connectivity index (χ3v) is 13.7. The molecule has 5 heteroatoms. The fourth-order valence-electron chi connectivity index (χ4n) is 5.52. The number of carbonyl (C=O) groups is 1. The number of hydrogen-bond acceptors (Lipinski definition) is 4. The highest BCUT2D eigenvalue weighted by molar-refractivity contribution is 6.74. The van der Waals surface area contributed by atoms with Gasteiger partial charge in [-0.05, 0) is 73.2 Å². The second kappa shape index (κ2) is 12.2. The van der Waals surface area contributed by atoms with Crippen LogP contribution in [0.5, 0.6) is 0 Å². The van der Waals surface area contributed by atoms with Crippen molar-refractivity contribution >= 4 is 14.3 Å². The van der Waals surface area contributed by atoms with Crippen molar-refractivity contribution in [3.05, 3.63) is 59.2 Å². The van der Waals surface area contributed by atoms with E-state index in [2.05, 4.69) is 98.0 Å². The molecule has 0 unspecified atom stereocenters. The molecule has 4 nitrogen and oxygen atoms in total. The van der Waals surface area contributed by atoms with Crippen molar-refractivity contribution in [2.24, 2.45) is 16.7 Å². The molecule has 0 aromatic heterocycles. The molecule has 1 aromatic rings. The molecule has 1 aromatic carbocycles. The van der Waals surface area contributed by atoms with Gasteiger partial charge >= 0.3 is 5.97 Å². The Hall–Kier alpha value is -1.69. The Morgan fingerprint density at radius 1 is 1.00 bits per heavy atom.